The van der Waals surface area contributed by atoms with Gasteiger partial charge in [0.25, 0.3) is 0 Å². The van der Waals surface area contributed by atoms with E-state index in [0.29, 0.717) is 5.92 Å². The molecule has 3 aromatic carbocycles. The van der Waals surface area contributed by atoms with Gasteiger partial charge in [0.2, 0.25) is 0 Å². The Morgan fingerprint density at radius 2 is 1.52 bits per heavy atom. The van der Waals surface area contributed by atoms with Gasteiger partial charge in [-0.3, -0.25) is 9.78 Å². The van der Waals surface area contributed by atoms with Gasteiger partial charge < -0.3 is 9.51 Å². The Kier molecular flexibility index (Phi) is 11.7. The summed E-state index contributed by atoms with van der Waals surface area (Å²) in [7, 11) is 0. The third kappa shape index (κ3) is 6.69. The number of aliphatic hydroxyl groups is 1. The summed E-state index contributed by atoms with van der Waals surface area (Å²) in [6.07, 6.45) is 4.75. The number of aromatic nitrogens is 2. The molecule has 0 aliphatic heterocycles. The van der Waals surface area contributed by atoms with E-state index in [4.69, 9.17) is 4.98 Å². The number of imidazole rings is 1. The Morgan fingerprint density at radius 1 is 0.913 bits per heavy atom. The number of hydrogen-bond acceptors (Lipinski definition) is 3. The van der Waals surface area contributed by atoms with Gasteiger partial charge in [0.15, 0.2) is 5.78 Å². The first-order chi connectivity index (χ1) is 21.2. The Hall–Kier alpha value is -3.01. The van der Waals surface area contributed by atoms with Crippen molar-refractivity contribution in [3.8, 4) is 0 Å². The maximum Gasteiger partial charge on any atom is 0.164 e. The molecule has 5 heteroatoms. The Balaban J connectivity index is 0.000000280. The number of carbonyl (C=O) groups excluding carboxylic acids is 1. The van der Waals surface area contributed by atoms with Gasteiger partial charge >= 0.3 is 0 Å². The van der Waals surface area contributed by atoms with E-state index < -0.39 is 0 Å². The van der Waals surface area contributed by atoms with Crippen LogP contribution in [0.4, 0.5) is 0 Å². The number of carbonyl (C=O) groups is 1. The first-order valence-corrected chi connectivity index (χ1v) is 16.8. The van der Waals surface area contributed by atoms with Gasteiger partial charge in [-0.25, -0.2) is 0 Å². The molecule has 0 unspecified atom stereocenters. The van der Waals surface area contributed by atoms with Crippen LogP contribution in [0.15, 0.2) is 48.2 Å². The standard InChI is InChI=1S/C26H25N2.C15H28O2.Ir/c1-14(2)19-9-10-21-24(13-19)28-18(6)17(5)27-26(28)23-12-20-8-7-15(3)11-22(20)16(4)25(21)23;1-7-14(5,8-2)12(16)11-13(17)15(6,9-3)10-4;/h7-11,13-14H,1-6H3;11,16H,7-10H2,1-6H3;/q-1;;/b;12-11-;. The van der Waals surface area contributed by atoms with Crippen LogP contribution in [-0.2, 0) is 24.9 Å². The number of hydrogen-bond donors (Lipinski definition) is 1. The third-order valence-electron chi connectivity index (χ3n) is 10.8. The first-order valence-electron chi connectivity index (χ1n) is 16.8. The number of rotatable bonds is 8. The monoisotopic (exact) mass is 798 g/mol. The summed E-state index contributed by atoms with van der Waals surface area (Å²) in [6, 6.07) is 17.3. The van der Waals surface area contributed by atoms with Crippen molar-refractivity contribution in [2.24, 2.45) is 10.8 Å². The number of benzene rings is 3. The van der Waals surface area contributed by atoms with Gasteiger partial charge in [0.1, 0.15) is 5.76 Å². The Bertz CT molecular complexity index is 1920. The van der Waals surface area contributed by atoms with E-state index in [1.54, 1.807) is 0 Å². The van der Waals surface area contributed by atoms with Gasteiger partial charge in [-0.1, -0.05) is 108 Å². The summed E-state index contributed by atoms with van der Waals surface area (Å²) in [5.74, 6) is 0.778. The zero-order chi connectivity index (χ0) is 33.4. The number of ketones is 1. The molecule has 0 bridgehead atoms. The van der Waals surface area contributed by atoms with Crippen molar-refractivity contribution in [1.29, 1.82) is 0 Å². The minimum Gasteiger partial charge on any atom is -0.512 e. The van der Waals surface area contributed by atoms with Gasteiger partial charge in [-0.05, 0) is 69.4 Å². The van der Waals surface area contributed by atoms with E-state index in [2.05, 4.69) is 88.4 Å². The van der Waals surface area contributed by atoms with Gasteiger partial charge in [0, 0.05) is 53.9 Å². The van der Waals surface area contributed by atoms with Crippen molar-refractivity contribution in [3.63, 3.8) is 0 Å². The smallest absolute Gasteiger partial charge is 0.164 e. The summed E-state index contributed by atoms with van der Waals surface area (Å²) < 4.78 is 2.33. The Labute approximate surface area is 290 Å². The van der Waals surface area contributed by atoms with Crippen LogP contribution in [0.2, 0.25) is 0 Å². The fraction of sp³-hybridized carbons (Fsp3) is 0.463. The second kappa shape index (κ2) is 14.4. The minimum absolute atomic E-state index is 0. The average molecular weight is 798 g/mol. The molecule has 249 valence electrons. The number of pyridine rings is 1. The maximum atomic E-state index is 12.2. The molecule has 46 heavy (non-hydrogen) atoms. The summed E-state index contributed by atoms with van der Waals surface area (Å²) in [5.41, 5.74) is 7.90. The molecule has 0 amide bonds. The quantitative estimate of drug-likeness (QED) is 0.0559. The zero-order valence-electron chi connectivity index (χ0n) is 30.0. The fourth-order valence-electron chi connectivity index (χ4n) is 6.16. The predicted molar refractivity (Wildman–Crippen MR) is 193 cm³/mol. The molecule has 5 rings (SSSR count). The van der Waals surface area contributed by atoms with Crippen molar-refractivity contribution in [2.45, 2.75) is 115 Å². The van der Waals surface area contributed by atoms with Crippen molar-refractivity contribution < 1.29 is 30.0 Å². The van der Waals surface area contributed by atoms with E-state index in [9.17, 15) is 9.90 Å². The molecule has 0 fully saturated rings. The van der Waals surface area contributed by atoms with Gasteiger partial charge in [0.05, 0.1) is 5.65 Å². The molecule has 2 heterocycles. The molecule has 4 nitrogen and oxygen atoms in total. The van der Waals surface area contributed by atoms with Crippen LogP contribution in [0.3, 0.4) is 0 Å². The number of fused-ring (bicyclic) bond motifs is 7. The second-order valence-corrected chi connectivity index (χ2v) is 13.9. The summed E-state index contributed by atoms with van der Waals surface area (Å²) in [4.78, 5) is 17.1. The summed E-state index contributed by atoms with van der Waals surface area (Å²) >= 11 is 0. The molecule has 0 aliphatic carbocycles. The molecule has 0 spiro atoms. The predicted octanol–water partition coefficient (Wildman–Crippen LogP) is 11.6. The van der Waals surface area contributed by atoms with Crippen molar-refractivity contribution >= 4 is 43.9 Å². The maximum absolute atomic E-state index is 12.2. The molecule has 0 aliphatic rings. The third-order valence-corrected chi connectivity index (χ3v) is 10.8. The molecular formula is C41H53IrN2O2-. The number of aliphatic hydroxyl groups excluding tert-OH is 1. The van der Waals surface area contributed by atoms with E-state index in [-0.39, 0.29) is 42.5 Å². The second-order valence-electron chi connectivity index (χ2n) is 13.9. The van der Waals surface area contributed by atoms with E-state index in [1.165, 1.54) is 50.1 Å². The van der Waals surface area contributed by atoms with Gasteiger partial charge in [-0.15, -0.1) is 23.1 Å². The van der Waals surface area contributed by atoms with Crippen LogP contribution in [0.1, 0.15) is 115 Å². The molecular weight excluding hydrogens is 745 g/mol. The topological polar surface area (TPSA) is 54.6 Å². The molecule has 1 N–H and O–H groups in total. The number of allylic oxidation sites excluding steroid dienone is 2. The zero-order valence-corrected chi connectivity index (χ0v) is 32.4. The van der Waals surface area contributed by atoms with Crippen LogP contribution >= 0.6 is 0 Å². The summed E-state index contributed by atoms with van der Waals surface area (Å²) in [6.45, 7) is 25.2. The SMILES string of the molecule is CCC(C)(CC)C(=O)/C=C(\O)C(C)(CC)CC.Cc1ccc2[c-]c3c(c(C)c2c1)c1ccc(C(C)C)cc1n1c(C)c(C)nc31.[Ir]. The molecule has 2 aromatic heterocycles. The normalized spacial score (nSPS) is 12.6. The van der Waals surface area contributed by atoms with Crippen molar-refractivity contribution in [1.82, 2.24) is 9.38 Å². The van der Waals surface area contributed by atoms with E-state index >= 15 is 0 Å². The van der Waals surface area contributed by atoms with Crippen molar-refractivity contribution in [3.05, 3.63) is 82.4 Å². The Morgan fingerprint density at radius 3 is 2.09 bits per heavy atom. The van der Waals surface area contributed by atoms with Crippen LogP contribution < -0.4 is 0 Å². The molecule has 0 atom stereocenters. The van der Waals surface area contributed by atoms with Crippen LogP contribution in [0, 0.1) is 44.6 Å². The molecule has 0 saturated carbocycles. The largest absolute Gasteiger partial charge is 0.512 e. The molecule has 1 radical (unpaired) electrons. The van der Waals surface area contributed by atoms with Crippen LogP contribution in [0.5, 0.6) is 0 Å². The van der Waals surface area contributed by atoms with Crippen LogP contribution in [0.25, 0.3) is 38.1 Å². The average Bonchev–Trinajstić information content (AvgIpc) is 3.34. The summed E-state index contributed by atoms with van der Waals surface area (Å²) in [5, 5.41) is 16.3. The van der Waals surface area contributed by atoms with Gasteiger partial charge in [-0.2, -0.15) is 0 Å². The van der Waals surface area contributed by atoms with E-state index in [1.807, 2.05) is 41.5 Å². The minimum atomic E-state index is -0.337. The number of nitrogens with zero attached hydrogens (tertiary/aromatic N) is 2. The van der Waals surface area contributed by atoms with Crippen molar-refractivity contribution in [2.75, 3.05) is 0 Å². The molecule has 0 saturated heterocycles. The van der Waals surface area contributed by atoms with Crippen LogP contribution in [-0.4, -0.2) is 20.3 Å². The fourth-order valence-corrected chi connectivity index (χ4v) is 6.16. The molecule has 5 aromatic rings. The first kappa shape index (κ1) is 37.4. The number of aryl methyl sites for hydroxylation is 4. The van der Waals surface area contributed by atoms with E-state index in [0.717, 1.165) is 47.8 Å².